The summed E-state index contributed by atoms with van der Waals surface area (Å²) in [6.45, 7) is 1.82. The molecule has 0 bridgehead atoms. The number of carbonyl (C=O) groups is 2. The first-order chi connectivity index (χ1) is 13.5. The van der Waals surface area contributed by atoms with Crippen LogP contribution in [0.4, 0.5) is 9.39 Å². The SMILES string of the molecule is Cc1cc(NC(=O)C(=O)c2cc(Cc3ccc(F)cc3)c3ccccn23)sn1. The van der Waals surface area contributed by atoms with Crippen LogP contribution in [-0.4, -0.2) is 20.5 Å². The average molecular weight is 393 g/mol. The van der Waals surface area contributed by atoms with Crippen LogP contribution in [0.2, 0.25) is 0 Å². The Balaban J connectivity index is 1.66. The van der Waals surface area contributed by atoms with E-state index in [-0.39, 0.29) is 11.5 Å². The van der Waals surface area contributed by atoms with Crippen LogP contribution in [0.1, 0.15) is 27.3 Å². The third-order valence-corrected chi connectivity index (χ3v) is 5.17. The van der Waals surface area contributed by atoms with Gasteiger partial charge in [0.2, 0.25) is 0 Å². The van der Waals surface area contributed by atoms with Gasteiger partial charge in [0, 0.05) is 11.7 Å². The normalized spacial score (nSPS) is 10.9. The molecule has 0 atom stereocenters. The van der Waals surface area contributed by atoms with Gasteiger partial charge in [0.05, 0.1) is 11.4 Å². The van der Waals surface area contributed by atoms with Crippen molar-refractivity contribution < 1.29 is 14.0 Å². The fourth-order valence-electron chi connectivity index (χ4n) is 3.07. The molecule has 3 aromatic heterocycles. The maximum atomic E-state index is 13.2. The first kappa shape index (κ1) is 18.1. The number of hydrogen-bond acceptors (Lipinski definition) is 4. The number of amides is 1. The van der Waals surface area contributed by atoms with E-state index in [1.54, 1.807) is 40.9 Å². The van der Waals surface area contributed by atoms with Gasteiger partial charge in [0.15, 0.2) is 0 Å². The third-order valence-electron chi connectivity index (χ3n) is 4.37. The largest absolute Gasteiger partial charge is 0.313 e. The number of benzene rings is 1. The number of aromatic nitrogens is 2. The number of nitrogens with zero attached hydrogens (tertiary/aromatic N) is 2. The number of halogens is 1. The van der Waals surface area contributed by atoms with E-state index in [9.17, 15) is 14.0 Å². The highest BCUT2D eigenvalue weighted by Gasteiger charge is 2.22. The molecule has 7 heteroatoms. The molecule has 0 fully saturated rings. The number of ketones is 1. The summed E-state index contributed by atoms with van der Waals surface area (Å²) in [7, 11) is 0. The van der Waals surface area contributed by atoms with Crippen molar-refractivity contribution in [2.75, 3.05) is 5.32 Å². The summed E-state index contributed by atoms with van der Waals surface area (Å²) >= 11 is 1.13. The van der Waals surface area contributed by atoms with Gasteiger partial charge in [-0.3, -0.25) is 9.59 Å². The molecule has 0 saturated heterocycles. The molecule has 4 aromatic rings. The Morgan fingerprint density at radius 1 is 1.14 bits per heavy atom. The van der Waals surface area contributed by atoms with Crippen molar-refractivity contribution in [2.24, 2.45) is 0 Å². The van der Waals surface area contributed by atoms with Gasteiger partial charge in [0.25, 0.3) is 11.7 Å². The van der Waals surface area contributed by atoms with Crippen molar-refractivity contribution in [3.8, 4) is 0 Å². The predicted molar refractivity (Wildman–Crippen MR) is 106 cm³/mol. The van der Waals surface area contributed by atoms with Gasteiger partial charge in [0.1, 0.15) is 10.8 Å². The highest BCUT2D eigenvalue weighted by molar-refractivity contribution is 7.10. The van der Waals surface area contributed by atoms with Crippen molar-refractivity contribution in [3.63, 3.8) is 0 Å². The third kappa shape index (κ3) is 3.57. The van der Waals surface area contributed by atoms with Crippen LogP contribution in [0.15, 0.2) is 60.8 Å². The molecule has 1 N–H and O–H groups in total. The zero-order chi connectivity index (χ0) is 19.7. The topological polar surface area (TPSA) is 63.5 Å². The van der Waals surface area contributed by atoms with Gasteiger partial charge in [-0.15, -0.1) is 0 Å². The lowest BCUT2D eigenvalue weighted by Gasteiger charge is -2.03. The second kappa shape index (κ2) is 7.36. The van der Waals surface area contributed by atoms with Gasteiger partial charge < -0.3 is 9.72 Å². The summed E-state index contributed by atoms with van der Waals surface area (Å²) < 4.78 is 19.0. The number of Topliss-reactive ketones (excluding diaryl/α,β-unsaturated/α-hetero) is 1. The van der Waals surface area contributed by atoms with E-state index >= 15 is 0 Å². The second-order valence-electron chi connectivity index (χ2n) is 6.43. The summed E-state index contributed by atoms with van der Waals surface area (Å²) in [5.74, 6) is -1.63. The minimum Gasteiger partial charge on any atom is -0.313 e. The minimum atomic E-state index is -0.708. The molecule has 3 heterocycles. The number of anilines is 1. The zero-order valence-electron chi connectivity index (χ0n) is 15.0. The van der Waals surface area contributed by atoms with Crippen LogP contribution in [0.5, 0.6) is 0 Å². The monoisotopic (exact) mass is 393 g/mol. The summed E-state index contributed by atoms with van der Waals surface area (Å²) in [5.41, 5.74) is 3.70. The first-order valence-corrected chi connectivity index (χ1v) is 9.41. The fourth-order valence-corrected chi connectivity index (χ4v) is 3.73. The minimum absolute atomic E-state index is 0.284. The smallest absolute Gasteiger partial charge is 0.299 e. The molecule has 0 aliphatic heterocycles. The molecule has 0 radical (unpaired) electrons. The summed E-state index contributed by atoms with van der Waals surface area (Å²) in [5, 5.41) is 3.13. The van der Waals surface area contributed by atoms with Crippen molar-refractivity contribution >= 4 is 33.7 Å². The number of pyridine rings is 1. The molecule has 0 aliphatic carbocycles. The van der Waals surface area contributed by atoms with E-state index < -0.39 is 11.7 Å². The maximum absolute atomic E-state index is 13.2. The molecule has 0 saturated carbocycles. The molecule has 28 heavy (non-hydrogen) atoms. The Labute approximate surface area is 164 Å². The van der Waals surface area contributed by atoms with Crippen LogP contribution in [0.25, 0.3) is 5.52 Å². The molecular weight excluding hydrogens is 377 g/mol. The Morgan fingerprint density at radius 2 is 1.93 bits per heavy atom. The lowest BCUT2D eigenvalue weighted by atomic mass is 10.1. The van der Waals surface area contributed by atoms with E-state index in [4.69, 9.17) is 0 Å². The first-order valence-electron chi connectivity index (χ1n) is 8.63. The number of nitrogens with one attached hydrogen (secondary N) is 1. The maximum Gasteiger partial charge on any atom is 0.299 e. The van der Waals surface area contributed by atoms with Gasteiger partial charge in [-0.25, -0.2) is 4.39 Å². The molecule has 1 aromatic carbocycles. The van der Waals surface area contributed by atoms with Crippen LogP contribution in [0.3, 0.4) is 0 Å². The Bertz CT molecular complexity index is 1180. The molecule has 0 spiro atoms. The Morgan fingerprint density at radius 3 is 2.64 bits per heavy atom. The van der Waals surface area contributed by atoms with Gasteiger partial charge in [-0.05, 0) is 72.4 Å². The average Bonchev–Trinajstić information content (AvgIpc) is 3.27. The van der Waals surface area contributed by atoms with Crippen LogP contribution >= 0.6 is 11.5 Å². The fraction of sp³-hybridized carbons (Fsp3) is 0.0952. The quantitative estimate of drug-likeness (QED) is 0.407. The van der Waals surface area contributed by atoms with Crippen molar-refractivity contribution in [1.29, 1.82) is 0 Å². The molecular formula is C21H16FN3O2S. The summed E-state index contributed by atoms with van der Waals surface area (Å²) in [6, 6.07) is 15.2. The summed E-state index contributed by atoms with van der Waals surface area (Å²) in [4.78, 5) is 25.2. The molecule has 4 rings (SSSR count). The molecule has 0 aliphatic rings. The predicted octanol–water partition coefficient (Wildman–Crippen LogP) is 4.26. The van der Waals surface area contributed by atoms with Crippen molar-refractivity contribution in [2.45, 2.75) is 13.3 Å². The van der Waals surface area contributed by atoms with Crippen molar-refractivity contribution in [1.82, 2.24) is 8.77 Å². The molecule has 1 amide bonds. The molecule has 0 unspecified atom stereocenters. The van der Waals surface area contributed by atoms with Gasteiger partial charge in [-0.2, -0.15) is 4.37 Å². The van der Waals surface area contributed by atoms with Crippen molar-refractivity contribution in [3.05, 3.63) is 89.1 Å². The van der Waals surface area contributed by atoms with Gasteiger partial charge >= 0.3 is 0 Å². The van der Waals surface area contributed by atoms with E-state index in [0.717, 1.165) is 33.9 Å². The van der Waals surface area contributed by atoms with E-state index in [1.807, 2.05) is 19.1 Å². The van der Waals surface area contributed by atoms with E-state index in [0.29, 0.717) is 11.4 Å². The van der Waals surface area contributed by atoms with Crippen LogP contribution in [0, 0.1) is 12.7 Å². The highest BCUT2D eigenvalue weighted by Crippen LogP contribution is 2.22. The van der Waals surface area contributed by atoms with E-state index in [1.165, 1.54) is 12.1 Å². The lowest BCUT2D eigenvalue weighted by molar-refractivity contribution is -0.112. The second-order valence-corrected chi connectivity index (χ2v) is 7.23. The number of fused-ring (bicyclic) bond motifs is 1. The summed E-state index contributed by atoms with van der Waals surface area (Å²) in [6.07, 6.45) is 2.28. The Hall–Kier alpha value is -3.32. The number of rotatable bonds is 5. The molecule has 140 valence electrons. The molecule has 5 nitrogen and oxygen atoms in total. The Kier molecular flexibility index (Phi) is 4.75. The number of hydrogen-bond donors (Lipinski definition) is 1. The zero-order valence-corrected chi connectivity index (χ0v) is 15.8. The number of aryl methyl sites for hydroxylation is 1. The standard InChI is InChI=1S/C21H16FN3O2S/c1-13-10-19(28-24-13)23-21(27)20(26)18-12-15(17-4-2-3-9-25(17)18)11-14-5-7-16(22)8-6-14/h2-10,12H,11H2,1H3,(H,23,27). The number of carbonyl (C=O) groups excluding carboxylic acids is 2. The van der Waals surface area contributed by atoms with Gasteiger partial charge in [-0.1, -0.05) is 18.2 Å². The van der Waals surface area contributed by atoms with Crippen LogP contribution in [-0.2, 0) is 11.2 Å². The highest BCUT2D eigenvalue weighted by atomic mass is 32.1. The lowest BCUT2D eigenvalue weighted by Crippen LogP contribution is -2.23. The van der Waals surface area contributed by atoms with E-state index in [2.05, 4.69) is 9.69 Å². The van der Waals surface area contributed by atoms with Crippen LogP contribution < -0.4 is 5.32 Å².